The number of hydrazone groups is 1. The Hall–Kier alpha value is -3.35. The lowest BCUT2D eigenvalue weighted by molar-refractivity contribution is -0.142. The Balaban J connectivity index is 1.61. The fraction of sp³-hybridized carbons (Fsp3) is 0.423. The Kier molecular flexibility index (Phi) is 6.96. The average molecular weight is 450 g/mol. The zero-order valence-corrected chi connectivity index (χ0v) is 19.5. The summed E-state index contributed by atoms with van der Waals surface area (Å²) in [5.41, 5.74) is 2.59. The van der Waals surface area contributed by atoms with Crippen LogP contribution in [0.15, 0.2) is 53.6 Å². The van der Waals surface area contributed by atoms with E-state index >= 15 is 0 Å². The van der Waals surface area contributed by atoms with Gasteiger partial charge in [-0.25, -0.2) is 5.01 Å². The number of methoxy groups -OCH3 is 2. The molecule has 0 radical (unpaired) electrons. The highest BCUT2D eigenvalue weighted by Crippen LogP contribution is 2.38. The zero-order chi connectivity index (χ0) is 23.4. The molecule has 0 saturated heterocycles. The zero-order valence-electron chi connectivity index (χ0n) is 19.5. The van der Waals surface area contributed by atoms with Crippen molar-refractivity contribution in [1.82, 2.24) is 9.91 Å². The first kappa shape index (κ1) is 22.8. The van der Waals surface area contributed by atoms with E-state index in [0.717, 1.165) is 48.3 Å². The van der Waals surface area contributed by atoms with Gasteiger partial charge in [0.25, 0.3) is 5.91 Å². The van der Waals surface area contributed by atoms with Crippen LogP contribution in [-0.4, -0.2) is 55.2 Å². The Labute approximate surface area is 195 Å². The second-order valence-corrected chi connectivity index (χ2v) is 8.65. The van der Waals surface area contributed by atoms with Gasteiger partial charge in [-0.1, -0.05) is 43.2 Å². The molecule has 2 aromatic rings. The summed E-state index contributed by atoms with van der Waals surface area (Å²) in [7, 11) is 4.96. The third-order valence-corrected chi connectivity index (χ3v) is 6.52. The number of carbonyl (C=O) groups excluding carboxylic acids is 2. The molecule has 2 aromatic carbocycles. The molecule has 1 fully saturated rings. The van der Waals surface area contributed by atoms with Crippen LogP contribution in [0.25, 0.3) is 0 Å². The van der Waals surface area contributed by atoms with Crippen LogP contribution < -0.4 is 9.47 Å². The minimum absolute atomic E-state index is 0.00409. The second-order valence-electron chi connectivity index (χ2n) is 8.65. The van der Waals surface area contributed by atoms with Gasteiger partial charge in [0.2, 0.25) is 5.91 Å². The van der Waals surface area contributed by atoms with Crippen molar-refractivity contribution in [2.24, 2.45) is 11.0 Å². The lowest BCUT2D eigenvalue weighted by atomic mass is 9.97. The van der Waals surface area contributed by atoms with E-state index in [4.69, 9.17) is 14.6 Å². The van der Waals surface area contributed by atoms with Crippen molar-refractivity contribution in [2.45, 2.75) is 38.1 Å². The molecular formula is C26H31N3O4. The highest BCUT2D eigenvalue weighted by Gasteiger charge is 2.36. The van der Waals surface area contributed by atoms with Crippen LogP contribution in [0.5, 0.6) is 11.5 Å². The van der Waals surface area contributed by atoms with Crippen LogP contribution in [0.2, 0.25) is 0 Å². The van der Waals surface area contributed by atoms with Crippen molar-refractivity contribution >= 4 is 17.5 Å². The molecule has 4 rings (SSSR count). The van der Waals surface area contributed by atoms with Gasteiger partial charge in [0, 0.05) is 30.5 Å². The Morgan fingerprint density at radius 1 is 1.06 bits per heavy atom. The van der Waals surface area contributed by atoms with E-state index in [0.29, 0.717) is 12.2 Å². The van der Waals surface area contributed by atoms with Crippen LogP contribution in [0, 0.1) is 5.92 Å². The quantitative estimate of drug-likeness (QED) is 0.640. The summed E-state index contributed by atoms with van der Waals surface area (Å²) in [5, 5.41) is 6.25. The highest BCUT2D eigenvalue weighted by molar-refractivity contribution is 6.03. The third-order valence-electron chi connectivity index (χ3n) is 6.52. The maximum atomic E-state index is 13.4. The van der Waals surface area contributed by atoms with E-state index in [1.807, 2.05) is 48.5 Å². The number of amides is 2. The van der Waals surface area contributed by atoms with Crippen LogP contribution in [0.4, 0.5) is 0 Å². The first-order valence-electron chi connectivity index (χ1n) is 11.4. The monoisotopic (exact) mass is 449 g/mol. The molecular weight excluding hydrogens is 418 g/mol. The van der Waals surface area contributed by atoms with Crippen molar-refractivity contribution in [2.75, 3.05) is 27.8 Å². The molecule has 1 aliphatic heterocycles. The van der Waals surface area contributed by atoms with E-state index in [-0.39, 0.29) is 30.3 Å². The molecule has 7 heteroatoms. The van der Waals surface area contributed by atoms with E-state index < -0.39 is 0 Å². The van der Waals surface area contributed by atoms with Gasteiger partial charge in [-0.05, 0) is 31.0 Å². The summed E-state index contributed by atoms with van der Waals surface area (Å²) in [5.74, 6) is 1.30. The summed E-state index contributed by atoms with van der Waals surface area (Å²) < 4.78 is 10.9. The predicted molar refractivity (Wildman–Crippen MR) is 126 cm³/mol. The summed E-state index contributed by atoms with van der Waals surface area (Å²) in [6.45, 7) is -0.00409. The number of hydrogen-bond acceptors (Lipinski definition) is 5. The highest BCUT2D eigenvalue weighted by atomic mass is 16.5. The minimum atomic E-state index is -0.315. The lowest BCUT2D eigenvalue weighted by Gasteiger charge is -2.26. The number of ether oxygens (including phenoxy) is 2. The lowest BCUT2D eigenvalue weighted by Crippen LogP contribution is -2.41. The number of carbonyl (C=O) groups is 2. The van der Waals surface area contributed by atoms with Gasteiger partial charge in [0.1, 0.15) is 18.0 Å². The van der Waals surface area contributed by atoms with Crippen LogP contribution >= 0.6 is 0 Å². The number of para-hydroxylation sites is 1. The Morgan fingerprint density at radius 3 is 2.55 bits per heavy atom. The largest absolute Gasteiger partial charge is 0.497 e. The fourth-order valence-electron chi connectivity index (χ4n) is 4.74. The molecule has 1 aliphatic carbocycles. The molecule has 0 aromatic heterocycles. The SMILES string of the molecule is COc1cccc(C2=NN(C(=O)CN(C)C(=O)C3CCCC3)[C@@H](c3ccccc3OC)C2)c1. The van der Waals surface area contributed by atoms with Crippen LogP contribution in [0.3, 0.4) is 0 Å². The summed E-state index contributed by atoms with van der Waals surface area (Å²) in [4.78, 5) is 27.8. The smallest absolute Gasteiger partial charge is 0.262 e. The number of nitrogens with zero attached hydrogens (tertiary/aromatic N) is 3. The molecule has 1 atom stereocenters. The summed E-state index contributed by atoms with van der Waals surface area (Å²) >= 11 is 0. The first-order valence-corrected chi connectivity index (χ1v) is 11.4. The molecule has 0 spiro atoms. The van der Waals surface area contributed by atoms with E-state index in [2.05, 4.69) is 0 Å². The normalized spacial score (nSPS) is 18.2. The standard InChI is InChI=1S/C26H31N3O4/c1-28(26(31)18-9-4-5-10-18)17-25(30)29-23(21-13-6-7-14-24(21)33-3)16-22(27-29)19-11-8-12-20(15-19)32-2/h6-8,11-15,18,23H,4-5,9-10,16-17H2,1-3H3/t23-/m1/s1. The first-order chi connectivity index (χ1) is 16.0. The molecule has 174 valence electrons. The van der Waals surface area contributed by atoms with Gasteiger partial charge in [0.05, 0.1) is 26.0 Å². The third kappa shape index (κ3) is 4.87. The predicted octanol–water partition coefficient (Wildman–Crippen LogP) is 4.03. The summed E-state index contributed by atoms with van der Waals surface area (Å²) in [6.07, 6.45) is 4.51. The van der Waals surface area contributed by atoms with E-state index in [1.165, 1.54) is 5.01 Å². The van der Waals surface area contributed by atoms with Crippen LogP contribution in [-0.2, 0) is 9.59 Å². The van der Waals surface area contributed by atoms with Crippen molar-refractivity contribution in [3.05, 3.63) is 59.7 Å². The molecule has 2 amide bonds. The minimum Gasteiger partial charge on any atom is -0.497 e. The van der Waals surface area contributed by atoms with Crippen molar-refractivity contribution < 1.29 is 19.1 Å². The van der Waals surface area contributed by atoms with Crippen molar-refractivity contribution in [3.8, 4) is 11.5 Å². The molecule has 0 N–H and O–H groups in total. The van der Waals surface area contributed by atoms with Crippen LogP contribution in [0.1, 0.15) is 49.3 Å². The maximum Gasteiger partial charge on any atom is 0.262 e. The Morgan fingerprint density at radius 2 is 1.82 bits per heavy atom. The number of likely N-dealkylation sites (N-methyl/N-ethyl adjacent to an activating group) is 1. The molecule has 1 saturated carbocycles. The van der Waals surface area contributed by atoms with Crippen molar-refractivity contribution in [1.29, 1.82) is 0 Å². The number of rotatable bonds is 7. The second kappa shape index (κ2) is 10.1. The van der Waals surface area contributed by atoms with Gasteiger partial charge in [-0.2, -0.15) is 5.10 Å². The summed E-state index contributed by atoms with van der Waals surface area (Å²) in [6, 6.07) is 15.0. The maximum absolute atomic E-state index is 13.4. The molecule has 33 heavy (non-hydrogen) atoms. The van der Waals surface area contributed by atoms with E-state index in [9.17, 15) is 9.59 Å². The molecule has 1 heterocycles. The molecule has 0 unspecified atom stereocenters. The molecule has 2 aliphatic rings. The molecule has 7 nitrogen and oxygen atoms in total. The van der Waals surface area contributed by atoms with Gasteiger partial charge in [-0.3, -0.25) is 9.59 Å². The molecule has 0 bridgehead atoms. The average Bonchev–Trinajstić information content (AvgIpc) is 3.54. The van der Waals surface area contributed by atoms with E-state index in [1.54, 1.807) is 26.2 Å². The van der Waals surface area contributed by atoms with Gasteiger partial charge in [-0.15, -0.1) is 0 Å². The number of hydrogen-bond donors (Lipinski definition) is 0. The number of benzene rings is 2. The van der Waals surface area contributed by atoms with Gasteiger partial charge >= 0.3 is 0 Å². The van der Waals surface area contributed by atoms with Crippen molar-refractivity contribution in [3.63, 3.8) is 0 Å². The topological polar surface area (TPSA) is 71.4 Å². The van der Waals surface area contributed by atoms with Gasteiger partial charge in [0.15, 0.2) is 0 Å². The van der Waals surface area contributed by atoms with Gasteiger partial charge < -0.3 is 14.4 Å². The fourth-order valence-corrected chi connectivity index (χ4v) is 4.74. The Bertz CT molecular complexity index is 1050.